The zero-order chi connectivity index (χ0) is 28.6. The van der Waals surface area contributed by atoms with E-state index in [-0.39, 0.29) is 11.8 Å². The number of unbranched alkanes of at least 4 members (excludes halogenated alkanes) is 2. The molecule has 2 rings (SSSR count). The predicted octanol–water partition coefficient (Wildman–Crippen LogP) is 4.21. The second-order valence-electron chi connectivity index (χ2n) is 9.63. The molecule has 2 atom stereocenters. The van der Waals surface area contributed by atoms with Gasteiger partial charge in [-0.15, -0.1) is 0 Å². The molecule has 0 aromatic heterocycles. The monoisotopic (exact) mass is 537 g/mol. The SMILES string of the molecule is CCCC[C@H](NC(=O)[C@@H](CCCCNC(=O)c1ccc(N=Nc2ccc(N(C)C)cc2)cc1)NCC)C(N)=O. The zero-order valence-electron chi connectivity index (χ0n) is 23.6. The van der Waals surface area contributed by atoms with Crippen LogP contribution in [0.3, 0.4) is 0 Å². The van der Waals surface area contributed by atoms with Crippen molar-refractivity contribution in [2.75, 3.05) is 32.1 Å². The fraction of sp³-hybridized carbons (Fsp3) is 0.483. The number of benzene rings is 2. The van der Waals surface area contributed by atoms with Crippen LogP contribution in [-0.2, 0) is 9.59 Å². The average Bonchev–Trinajstić information content (AvgIpc) is 2.93. The first-order chi connectivity index (χ1) is 18.7. The van der Waals surface area contributed by atoms with Crippen molar-refractivity contribution in [3.05, 3.63) is 54.1 Å². The summed E-state index contributed by atoms with van der Waals surface area (Å²) in [4.78, 5) is 38.9. The highest BCUT2D eigenvalue weighted by Crippen LogP contribution is 2.21. The van der Waals surface area contributed by atoms with E-state index in [1.54, 1.807) is 24.3 Å². The summed E-state index contributed by atoms with van der Waals surface area (Å²) < 4.78 is 0. The van der Waals surface area contributed by atoms with Gasteiger partial charge < -0.3 is 26.6 Å². The summed E-state index contributed by atoms with van der Waals surface area (Å²) in [5, 5.41) is 17.4. The maximum Gasteiger partial charge on any atom is 0.251 e. The van der Waals surface area contributed by atoms with Crippen molar-refractivity contribution in [2.24, 2.45) is 16.0 Å². The topological polar surface area (TPSA) is 141 Å². The highest BCUT2D eigenvalue weighted by molar-refractivity contribution is 5.94. The molecule has 10 heteroatoms. The molecule has 0 saturated carbocycles. The van der Waals surface area contributed by atoms with Crippen molar-refractivity contribution in [1.29, 1.82) is 0 Å². The van der Waals surface area contributed by atoms with Gasteiger partial charge in [0.05, 0.1) is 17.4 Å². The van der Waals surface area contributed by atoms with Gasteiger partial charge in [-0.05, 0) is 80.8 Å². The van der Waals surface area contributed by atoms with Crippen molar-refractivity contribution in [3.63, 3.8) is 0 Å². The molecule has 0 aliphatic rings. The first-order valence-electron chi connectivity index (χ1n) is 13.7. The Bertz CT molecular complexity index is 1070. The fourth-order valence-corrected chi connectivity index (χ4v) is 3.93. The number of likely N-dealkylation sites (N-methyl/N-ethyl adjacent to an activating group) is 1. The second kappa shape index (κ2) is 16.9. The fourth-order valence-electron chi connectivity index (χ4n) is 3.93. The Balaban J connectivity index is 1.77. The lowest BCUT2D eigenvalue weighted by molar-refractivity contribution is -0.128. The van der Waals surface area contributed by atoms with Crippen LogP contribution in [-0.4, -0.2) is 57.0 Å². The Labute approximate surface area is 231 Å². The minimum Gasteiger partial charge on any atom is -0.378 e. The third-order valence-electron chi connectivity index (χ3n) is 6.25. The number of nitrogens with one attached hydrogen (secondary N) is 3. The second-order valence-corrected chi connectivity index (χ2v) is 9.63. The van der Waals surface area contributed by atoms with E-state index in [2.05, 4.69) is 26.2 Å². The number of primary amides is 1. The van der Waals surface area contributed by atoms with Gasteiger partial charge in [-0.25, -0.2) is 0 Å². The van der Waals surface area contributed by atoms with Gasteiger partial charge in [0.2, 0.25) is 11.8 Å². The minimum atomic E-state index is -0.652. The van der Waals surface area contributed by atoms with Gasteiger partial charge in [-0.3, -0.25) is 14.4 Å². The zero-order valence-corrected chi connectivity index (χ0v) is 23.6. The molecule has 3 amide bonds. The third kappa shape index (κ3) is 11.2. The van der Waals surface area contributed by atoms with E-state index in [9.17, 15) is 14.4 Å². The molecule has 0 aliphatic heterocycles. The quantitative estimate of drug-likeness (QED) is 0.177. The van der Waals surface area contributed by atoms with E-state index in [4.69, 9.17) is 5.73 Å². The van der Waals surface area contributed by atoms with E-state index in [0.717, 1.165) is 37.1 Å². The Hall–Kier alpha value is -3.79. The van der Waals surface area contributed by atoms with Gasteiger partial charge >= 0.3 is 0 Å². The number of hydrogen-bond acceptors (Lipinski definition) is 7. The first-order valence-corrected chi connectivity index (χ1v) is 13.7. The normalized spacial score (nSPS) is 12.6. The molecule has 0 bridgehead atoms. The standard InChI is InChI=1S/C29H43N7O3/c1-5-7-10-25(27(30)37)33-29(39)26(31-6-2)11-8-9-20-32-28(38)21-12-14-22(15-13-21)34-35-23-16-18-24(19-17-23)36(3)4/h12-19,25-26,31H,5-11,20H2,1-4H3,(H2,30,37)(H,32,38)(H,33,39)/t25-,26+/m0/s1. The molecule has 0 aliphatic carbocycles. The van der Waals surface area contributed by atoms with E-state index in [0.29, 0.717) is 37.2 Å². The molecule has 2 aromatic rings. The predicted molar refractivity (Wildman–Crippen MR) is 156 cm³/mol. The number of azo groups is 1. The van der Waals surface area contributed by atoms with E-state index < -0.39 is 18.0 Å². The maximum atomic E-state index is 12.7. The maximum absolute atomic E-state index is 12.7. The molecule has 2 aromatic carbocycles. The van der Waals surface area contributed by atoms with Crippen molar-refractivity contribution in [1.82, 2.24) is 16.0 Å². The van der Waals surface area contributed by atoms with E-state index >= 15 is 0 Å². The molecular formula is C29H43N7O3. The number of carbonyl (C=O) groups is 3. The Morgan fingerprint density at radius 2 is 1.44 bits per heavy atom. The molecule has 10 nitrogen and oxygen atoms in total. The smallest absolute Gasteiger partial charge is 0.251 e. The third-order valence-corrected chi connectivity index (χ3v) is 6.25. The van der Waals surface area contributed by atoms with Crippen LogP contribution in [0.15, 0.2) is 58.8 Å². The van der Waals surface area contributed by atoms with Gasteiger partial charge in [0, 0.05) is 31.9 Å². The number of amides is 3. The molecular weight excluding hydrogens is 494 g/mol. The summed E-state index contributed by atoms with van der Waals surface area (Å²) in [5.74, 6) is -0.900. The van der Waals surface area contributed by atoms with Crippen molar-refractivity contribution >= 4 is 34.8 Å². The lowest BCUT2D eigenvalue weighted by Gasteiger charge is -2.21. The van der Waals surface area contributed by atoms with Crippen LogP contribution in [0.25, 0.3) is 0 Å². The van der Waals surface area contributed by atoms with Gasteiger partial charge in [-0.1, -0.05) is 26.7 Å². The highest BCUT2D eigenvalue weighted by Gasteiger charge is 2.23. The van der Waals surface area contributed by atoms with E-state index in [1.165, 1.54) is 0 Å². The van der Waals surface area contributed by atoms with E-state index in [1.807, 2.05) is 57.1 Å². The molecule has 0 heterocycles. The van der Waals surface area contributed by atoms with Crippen LogP contribution in [0, 0.1) is 0 Å². The Kier molecular flexibility index (Phi) is 13.6. The summed E-state index contributed by atoms with van der Waals surface area (Å²) in [5.41, 5.74) is 8.48. The van der Waals surface area contributed by atoms with Crippen LogP contribution in [0.1, 0.15) is 62.7 Å². The summed E-state index contributed by atoms with van der Waals surface area (Å²) >= 11 is 0. The van der Waals surface area contributed by atoms with Gasteiger partial charge in [0.1, 0.15) is 6.04 Å². The van der Waals surface area contributed by atoms with Crippen LogP contribution in [0.2, 0.25) is 0 Å². The Morgan fingerprint density at radius 3 is 1.97 bits per heavy atom. The molecule has 0 unspecified atom stereocenters. The summed E-state index contributed by atoms with van der Waals surface area (Å²) in [6.45, 7) is 5.07. The average molecular weight is 538 g/mol. The van der Waals surface area contributed by atoms with Crippen LogP contribution < -0.4 is 26.6 Å². The molecule has 0 radical (unpaired) electrons. The largest absolute Gasteiger partial charge is 0.378 e. The minimum absolute atomic E-state index is 0.168. The van der Waals surface area contributed by atoms with Gasteiger partial charge in [0.15, 0.2) is 0 Å². The first kappa shape index (κ1) is 31.4. The number of hydrogen-bond donors (Lipinski definition) is 4. The number of nitrogens with zero attached hydrogens (tertiary/aromatic N) is 3. The molecule has 212 valence electrons. The summed E-state index contributed by atoms with van der Waals surface area (Å²) in [7, 11) is 3.96. The summed E-state index contributed by atoms with van der Waals surface area (Å²) in [6.07, 6.45) is 4.32. The lowest BCUT2D eigenvalue weighted by Crippen LogP contribution is -2.51. The van der Waals surface area contributed by atoms with Crippen LogP contribution in [0.4, 0.5) is 17.1 Å². The van der Waals surface area contributed by atoms with Crippen LogP contribution in [0.5, 0.6) is 0 Å². The molecule has 0 fully saturated rings. The molecule has 5 N–H and O–H groups in total. The molecule has 0 saturated heterocycles. The Morgan fingerprint density at radius 1 is 0.846 bits per heavy atom. The number of anilines is 1. The van der Waals surface area contributed by atoms with Gasteiger partial charge in [-0.2, -0.15) is 10.2 Å². The number of rotatable bonds is 17. The lowest BCUT2D eigenvalue weighted by atomic mass is 10.1. The number of carbonyl (C=O) groups excluding carboxylic acids is 3. The van der Waals surface area contributed by atoms with Gasteiger partial charge in [0.25, 0.3) is 5.91 Å². The van der Waals surface area contributed by atoms with Crippen molar-refractivity contribution in [2.45, 2.75) is 64.5 Å². The molecule has 39 heavy (non-hydrogen) atoms. The van der Waals surface area contributed by atoms with Crippen molar-refractivity contribution < 1.29 is 14.4 Å². The number of nitrogens with two attached hydrogens (primary N) is 1. The van der Waals surface area contributed by atoms with Crippen molar-refractivity contribution in [3.8, 4) is 0 Å². The highest BCUT2D eigenvalue weighted by atomic mass is 16.2. The van der Waals surface area contributed by atoms with Crippen LogP contribution >= 0.6 is 0 Å². The summed E-state index contributed by atoms with van der Waals surface area (Å²) in [6, 6.07) is 13.6. The molecule has 0 spiro atoms.